The summed E-state index contributed by atoms with van der Waals surface area (Å²) in [4.78, 5) is 17.2. The fraction of sp³-hybridized carbons (Fsp3) is 0.400. The Labute approximate surface area is 238 Å². The quantitative estimate of drug-likeness (QED) is 0.239. The lowest BCUT2D eigenvalue weighted by atomic mass is 10.0. The van der Waals surface area contributed by atoms with Gasteiger partial charge in [0.2, 0.25) is 0 Å². The number of carbonyl (C=O) groups is 1. The van der Waals surface area contributed by atoms with E-state index in [0.717, 1.165) is 91.0 Å². The highest BCUT2D eigenvalue weighted by Crippen LogP contribution is 2.46. The van der Waals surface area contributed by atoms with E-state index in [1.165, 1.54) is 12.8 Å². The Morgan fingerprint density at radius 2 is 1.85 bits per heavy atom. The number of aryl methyl sites for hydroxylation is 2. The minimum atomic E-state index is -0.303. The molecule has 0 radical (unpaired) electrons. The van der Waals surface area contributed by atoms with Crippen LogP contribution in [-0.2, 0) is 18.2 Å². The highest BCUT2D eigenvalue weighted by molar-refractivity contribution is 6.39. The van der Waals surface area contributed by atoms with Crippen LogP contribution < -0.4 is 4.90 Å². The minimum absolute atomic E-state index is 0.303. The van der Waals surface area contributed by atoms with Crippen molar-refractivity contribution in [2.75, 3.05) is 44.7 Å². The van der Waals surface area contributed by atoms with Crippen LogP contribution in [0.25, 0.3) is 22.2 Å². The van der Waals surface area contributed by atoms with Gasteiger partial charge in [0, 0.05) is 74.1 Å². The first kappa shape index (κ1) is 26.2. The molecule has 39 heavy (non-hydrogen) atoms. The molecule has 3 heterocycles. The second-order valence-electron chi connectivity index (χ2n) is 10.6. The normalized spacial score (nSPS) is 16.3. The summed E-state index contributed by atoms with van der Waals surface area (Å²) in [6.45, 7) is 6.77. The lowest BCUT2D eigenvalue weighted by Gasteiger charge is -2.36. The van der Waals surface area contributed by atoms with Gasteiger partial charge < -0.3 is 18.7 Å². The molecular weight excluding hydrogens is 535 g/mol. The van der Waals surface area contributed by atoms with Gasteiger partial charge >= 0.3 is 5.97 Å². The molecule has 7 nitrogen and oxygen atoms in total. The van der Waals surface area contributed by atoms with Gasteiger partial charge in [0.25, 0.3) is 0 Å². The molecule has 0 bridgehead atoms. The number of carbonyl (C=O) groups excluding carboxylic acids is 1. The largest absolute Gasteiger partial charge is 0.465 e. The van der Waals surface area contributed by atoms with Crippen molar-refractivity contribution in [3.05, 3.63) is 69.0 Å². The molecule has 6 rings (SSSR count). The Morgan fingerprint density at radius 1 is 1.13 bits per heavy atom. The predicted octanol–water partition coefficient (Wildman–Crippen LogP) is 6.48. The Morgan fingerprint density at radius 3 is 2.51 bits per heavy atom. The van der Waals surface area contributed by atoms with Crippen LogP contribution in [0.1, 0.15) is 46.0 Å². The van der Waals surface area contributed by atoms with E-state index in [1.807, 2.05) is 36.0 Å². The first-order chi connectivity index (χ1) is 18.9. The summed E-state index contributed by atoms with van der Waals surface area (Å²) < 4.78 is 12.9. The van der Waals surface area contributed by atoms with Crippen LogP contribution in [-0.4, -0.2) is 60.4 Å². The van der Waals surface area contributed by atoms with Crippen molar-refractivity contribution in [2.24, 2.45) is 7.05 Å². The van der Waals surface area contributed by atoms with Crippen molar-refractivity contribution in [3.8, 4) is 11.3 Å². The van der Waals surface area contributed by atoms with E-state index in [9.17, 15) is 4.79 Å². The number of benzene rings is 2. The second-order valence-corrected chi connectivity index (χ2v) is 11.4. The summed E-state index contributed by atoms with van der Waals surface area (Å²) in [6, 6.07) is 9.92. The van der Waals surface area contributed by atoms with Crippen LogP contribution in [0.4, 0.5) is 5.69 Å². The highest BCUT2D eigenvalue weighted by Gasteiger charge is 2.33. The molecule has 2 fully saturated rings. The van der Waals surface area contributed by atoms with Gasteiger partial charge in [0.05, 0.1) is 28.2 Å². The van der Waals surface area contributed by atoms with Gasteiger partial charge in [-0.25, -0.2) is 4.79 Å². The zero-order valence-electron chi connectivity index (χ0n) is 22.5. The summed E-state index contributed by atoms with van der Waals surface area (Å²) in [5, 5.41) is 6.59. The van der Waals surface area contributed by atoms with E-state index in [0.29, 0.717) is 21.5 Å². The van der Waals surface area contributed by atoms with Crippen molar-refractivity contribution >= 4 is 45.8 Å². The number of rotatable bonds is 7. The van der Waals surface area contributed by atoms with Crippen molar-refractivity contribution in [3.63, 3.8) is 0 Å². The van der Waals surface area contributed by atoms with Gasteiger partial charge in [-0.15, -0.1) is 0 Å². The summed E-state index contributed by atoms with van der Waals surface area (Å²) in [6.07, 6.45) is 4.98. The summed E-state index contributed by atoms with van der Waals surface area (Å²) >= 11 is 13.1. The number of anilines is 1. The standard InChI is InChI=1S/C30H32Cl2N4O3/c1-18-15-20(16-25-26(18)22(17-34(25)2)30(37)38-3)36-13-11-35(12-14-36)10-9-21-28(33-39-29(21)19-7-8-19)27-23(31)5-4-6-24(27)32/h4-6,15-17,19H,7-14H2,1-3H3. The molecule has 4 aromatic rings. The van der Waals surface area contributed by atoms with Crippen molar-refractivity contribution in [1.82, 2.24) is 14.6 Å². The van der Waals surface area contributed by atoms with Gasteiger partial charge in [-0.2, -0.15) is 0 Å². The molecule has 2 aliphatic rings. The van der Waals surface area contributed by atoms with E-state index >= 15 is 0 Å². The lowest BCUT2D eigenvalue weighted by molar-refractivity contribution is 0.0602. The second kappa shape index (κ2) is 10.5. The van der Waals surface area contributed by atoms with E-state index in [4.69, 9.17) is 32.5 Å². The number of halogens is 2. The zero-order chi connectivity index (χ0) is 27.3. The monoisotopic (exact) mass is 566 g/mol. The fourth-order valence-corrected chi connectivity index (χ4v) is 6.38. The third-order valence-corrected chi connectivity index (χ3v) is 8.69. The lowest BCUT2D eigenvalue weighted by Crippen LogP contribution is -2.47. The number of piperazine rings is 1. The highest BCUT2D eigenvalue weighted by atomic mass is 35.5. The molecule has 0 amide bonds. The molecule has 1 saturated heterocycles. The van der Waals surface area contributed by atoms with Crippen LogP contribution in [0.3, 0.4) is 0 Å². The Bertz CT molecular complexity index is 1530. The van der Waals surface area contributed by atoms with Gasteiger partial charge in [-0.05, 0) is 56.0 Å². The molecule has 0 N–H and O–H groups in total. The van der Waals surface area contributed by atoms with E-state index in [2.05, 4.69) is 34.0 Å². The first-order valence-corrected chi connectivity index (χ1v) is 14.2. The maximum atomic E-state index is 12.3. The molecule has 2 aromatic heterocycles. The van der Waals surface area contributed by atoms with Crippen LogP contribution in [0.2, 0.25) is 10.0 Å². The number of esters is 1. The number of ether oxygens (including phenoxy) is 1. The van der Waals surface area contributed by atoms with Crippen LogP contribution in [0.5, 0.6) is 0 Å². The molecular formula is C30H32Cl2N4O3. The summed E-state index contributed by atoms with van der Waals surface area (Å²) in [7, 11) is 3.40. The van der Waals surface area contributed by atoms with Gasteiger partial charge in [0.1, 0.15) is 11.5 Å². The van der Waals surface area contributed by atoms with Crippen molar-refractivity contribution < 1.29 is 14.1 Å². The molecule has 1 saturated carbocycles. The molecule has 0 atom stereocenters. The third-order valence-electron chi connectivity index (χ3n) is 8.06. The Kier molecular flexibility index (Phi) is 7.08. The van der Waals surface area contributed by atoms with Crippen molar-refractivity contribution in [2.45, 2.75) is 32.1 Å². The predicted molar refractivity (Wildman–Crippen MR) is 155 cm³/mol. The molecule has 9 heteroatoms. The SMILES string of the molecule is COC(=O)c1cn(C)c2cc(N3CCN(CCc4c(-c5c(Cl)cccc5Cl)noc4C4CC4)CC3)cc(C)c12. The smallest absolute Gasteiger partial charge is 0.340 e. The van der Waals surface area contributed by atoms with E-state index in [-0.39, 0.29) is 5.97 Å². The number of methoxy groups -OCH3 is 1. The maximum absolute atomic E-state index is 12.3. The third kappa shape index (κ3) is 4.92. The van der Waals surface area contributed by atoms with Crippen LogP contribution in [0, 0.1) is 6.92 Å². The van der Waals surface area contributed by atoms with Crippen LogP contribution >= 0.6 is 23.2 Å². The number of hydrogen-bond donors (Lipinski definition) is 0. The summed E-state index contributed by atoms with van der Waals surface area (Å²) in [5.74, 6) is 1.15. The molecule has 0 spiro atoms. The van der Waals surface area contributed by atoms with Crippen LogP contribution in [0.15, 0.2) is 41.1 Å². The molecule has 204 valence electrons. The maximum Gasteiger partial charge on any atom is 0.340 e. The summed E-state index contributed by atoms with van der Waals surface area (Å²) in [5.41, 5.74) is 6.60. The Hall–Kier alpha value is -3.00. The average Bonchev–Trinajstić information content (AvgIpc) is 3.61. The Balaban J connectivity index is 1.16. The van der Waals surface area contributed by atoms with E-state index < -0.39 is 0 Å². The fourth-order valence-electron chi connectivity index (χ4n) is 5.80. The molecule has 1 aliphatic carbocycles. The first-order valence-electron chi connectivity index (χ1n) is 13.4. The average molecular weight is 568 g/mol. The van der Waals surface area contributed by atoms with Gasteiger partial charge in [-0.1, -0.05) is 34.4 Å². The molecule has 2 aromatic carbocycles. The zero-order valence-corrected chi connectivity index (χ0v) is 24.0. The number of fused-ring (bicyclic) bond motifs is 1. The van der Waals surface area contributed by atoms with Crippen molar-refractivity contribution in [1.29, 1.82) is 0 Å². The van der Waals surface area contributed by atoms with E-state index in [1.54, 1.807) is 0 Å². The number of nitrogens with zero attached hydrogens (tertiary/aromatic N) is 4. The molecule has 1 aliphatic heterocycles. The topological polar surface area (TPSA) is 63.7 Å². The number of hydrogen-bond acceptors (Lipinski definition) is 6. The van der Waals surface area contributed by atoms with Gasteiger partial charge in [-0.3, -0.25) is 4.90 Å². The minimum Gasteiger partial charge on any atom is -0.465 e. The number of aromatic nitrogens is 2. The molecule has 0 unspecified atom stereocenters. The van der Waals surface area contributed by atoms with Gasteiger partial charge in [0.15, 0.2) is 0 Å².